The maximum Gasteiger partial charge on any atom is 0.259 e. The van der Waals surface area contributed by atoms with Gasteiger partial charge in [0.2, 0.25) is 0 Å². The summed E-state index contributed by atoms with van der Waals surface area (Å²) in [5.41, 5.74) is 0.849. The van der Waals surface area contributed by atoms with E-state index in [1.54, 1.807) is 24.4 Å². The lowest BCUT2D eigenvalue weighted by molar-refractivity contribution is 0.102. The molecule has 3 rings (SSSR count). The Labute approximate surface area is 136 Å². The summed E-state index contributed by atoms with van der Waals surface area (Å²) in [4.78, 5) is 23.8. The van der Waals surface area contributed by atoms with Crippen LogP contribution in [0.3, 0.4) is 0 Å². The molecule has 23 heavy (non-hydrogen) atoms. The van der Waals surface area contributed by atoms with Crippen molar-refractivity contribution in [2.75, 3.05) is 5.32 Å². The Morgan fingerprint density at radius 3 is 2.70 bits per heavy atom. The first-order valence-corrected chi connectivity index (χ1v) is 7.01. The van der Waals surface area contributed by atoms with Crippen LogP contribution in [0.25, 0.3) is 11.3 Å². The van der Waals surface area contributed by atoms with Crippen LogP contribution in [-0.4, -0.2) is 20.9 Å². The van der Waals surface area contributed by atoms with Gasteiger partial charge in [-0.15, -0.1) is 0 Å². The summed E-state index contributed by atoms with van der Waals surface area (Å²) in [5, 5.41) is 2.91. The molecule has 0 aliphatic rings. The van der Waals surface area contributed by atoms with Crippen molar-refractivity contribution in [1.82, 2.24) is 15.0 Å². The number of rotatable bonds is 3. The fraction of sp³-hybridized carbons (Fsp3) is 0. The number of pyridine rings is 1. The zero-order valence-electron chi connectivity index (χ0n) is 11.7. The highest BCUT2D eigenvalue weighted by Gasteiger charge is 2.14. The molecule has 114 valence electrons. The number of halogens is 2. The standard InChI is InChI=1S/C16H10ClFN4O/c17-12-2-1-6-20-15(12)10-3-4-11(13(18)8-10)16(23)22-14-5-7-19-9-21-14/h1-9H,(H,19,21,22,23). The number of benzene rings is 1. The topological polar surface area (TPSA) is 67.8 Å². The largest absolute Gasteiger partial charge is 0.306 e. The van der Waals surface area contributed by atoms with E-state index in [-0.39, 0.29) is 5.56 Å². The molecule has 0 saturated carbocycles. The first-order valence-electron chi connectivity index (χ1n) is 6.63. The molecular weight excluding hydrogens is 319 g/mol. The number of hydrogen-bond donors (Lipinski definition) is 1. The van der Waals surface area contributed by atoms with Crippen LogP contribution in [0.5, 0.6) is 0 Å². The fourth-order valence-electron chi connectivity index (χ4n) is 1.99. The molecular formula is C16H10ClFN4O. The van der Waals surface area contributed by atoms with Crippen molar-refractivity contribution < 1.29 is 9.18 Å². The van der Waals surface area contributed by atoms with Crippen molar-refractivity contribution in [3.63, 3.8) is 0 Å². The summed E-state index contributed by atoms with van der Waals surface area (Å²) in [5.74, 6) is -0.975. The normalized spacial score (nSPS) is 10.3. The lowest BCUT2D eigenvalue weighted by Gasteiger charge is -2.07. The van der Waals surface area contributed by atoms with E-state index in [9.17, 15) is 9.18 Å². The molecule has 0 radical (unpaired) electrons. The third-order valence-corrected chi connectivity index (χ3v) is 3.37. The number of amides is 1. The second kappa shape index (κ2) is 6.50. The van der Waals surface area contributed by atoms with E-state index in [4.69, 9.17) is 11.6 Å². The summed E-state index contributed by atoms with van der Waals surface area (Å²) < 4.78 is 14.3. The van der Waals surface area contributed by atoms with Gasteiger partial charge in [-0.25, -0.2) is 14.4 Å². The van der Waals surface area contributed by atoms with E-state index in [2.05, 4.69) is 20.3 Å². The highest BCUT2D eigenvalue weighted by molar-refractivity contribution is 6.33. The number of carbonyl (C=O) groups excluding carboxylic acids is 1. The van der Waals surface area contributed by atoms with E-state index in [0.717, 1.165) is 0 Å². The molecule has 2 aromatic heterocycles. The molecule has 0 atom stereocenters. The summed E-state index contributed by atoms with van der Waals surface area (Å²) in [6, 6.07) is 9.06. The monoisotopic (exact) mass is 328 g/mol. The zero-order valence-corrected chi connectivity index (χ0v) is 12.5. The molecule has 0 fully saturated rings. The number of nitrogens with zero attached hydrogens (tertiary/aromatic N) is 3. The van der Waals surface area contributed by atoms with Crippen LogP contribution in [0.15, 0.2) is 55.1 Å². The highest BCUT2D eigenvalue weighted by atomic mass is 35.5. The highest BCUT2D eigenvalue weighted by Crippen LogP contribution is 2.26. The number of aromatic nitrogens is 3. The molecule has 1 N–H and O–H groups in total. The third-order valence-electron chi connectivity index (χ3n) is 3.07. The number of hydrogen-bond acceptors (Lipinski definition) is 4. The van der Waals surface area contributed by atoms with E-state index in [0.29, 0.717) is 22.1 Å². The zero-order chi connectivity index (χ0) is 16.2. The molecule has 0 aliphatic carbocycles. The van der Waals surface area contributed by atoms with E-state index < -0.39 is 11.7 Å². The molecule has 0 spiro atoms. The van der Waals surface area contributed by atoms with E-state index in [1.807, 2.05) is 0 Å². The molecule has 0 unspecified atom stereocenters. The Morgan fingerprint density at radius 2 is 2.00 bits per heavy atom. The summed E-state index contributed by atoms with van der Waals surface area (Å²) >= 11 is 6.04. The predicted octanol–water partition coefficient (Wildman–Crippen LogP) is 3.58. The average Bonchev–Trinajstić information content (AvgIpc) is 2.56. The second-order valence-corrected chi connectivity index (χ2v) is 4.98. The Kier molecular flexibility index (Phi) is 4.25. The van der Waals surface area contributed by atoms with Crippen molar-refractivity contribution in [2.24, 2.45) is 0 Å². The molecule has 0 bridgehead atoms. The maximum absolute atomic E-state index is 14.3. The van der Waals surface area contributed by atoms with Gasteiger partial charge in [-0.3, -0.25) is 9.78 Å². The van der Waals surface area contributed by atoms with Gasteiger partial charge < -0.3 is 5.32 Å². The van der Waals surface area contributed by atoms with Gasteiger partial charge >= 0.3 is 0 Å². The van der Waals surface area contributed by atoms with Gasteiger partial charge in [-0.2, -0.15) is 0 Å². The Bertz CT molecular complexity index is 858. The Morgan fingerprint density at radius 1 is 1.13 bits per heavy atom. The third kappa shape index (κ3) is 3.32. The number of anilines is 1. The van der Waals surface area contributed by atoms with Crippen LogP contribution in [0.2, 0.25) is 5.02 Å². The first-order chi connectivity index (χ1) is 11.1. The SMILES string of the molecule is O=C(Nc1ccncn1)c1ccc(-c2ncccc2Cl)cc1F. The smallest absolute Gasteiger partial charge is 0.259 e. The second-order valence-electron chi connectivity index (χ2n) is 4.58. The number of nitrogens with one attached hydrogen (secondary N) is 1. The Balaban J connectivity index is 1.88. The molecule has 5 nitrogen and oxygen atoms in total. The van der Waals surface area contributed by atoms with Gasteiger partial charge in [0.15, 0.2) is 0 Å². The number of carbonyl (C=O) groups is 1. The molecule has 1 amide bonds. The molecule has 7 heteroatoms. The van der Waals surface area contributed by atoms with E-state index >= 15 is 0 Å². The summed E-state index contributed by atoms with van der Waals surface area (Å²) in [7, 11) is 0. The minimum Gasteiger partial charge on any atom is -0.306 e. The van der Waals surface area contributed by atoms with Crippen LogP contribution >= 0.6 is 11.6 Å². The maximum atomic E-state index is 14.3. The van der Waals surface area contributed by atoms with Crippen molar-refractivity contribution in [1.29, 1.82) is 0 Å². The van der Waals surface area contributed by atoms with Crippen molar-refractivity contribution in [3.05, 3.63) is 71.5 Å². The van der Waals surface area contributed by atoms with Gasteiger partial charge in [0.25, 0.3) is 5.91 Å². The average molecular weight is 329 g/mol. The first kappa shape index (κ1) is 15.1. The lowest BCUT2D eigenvalue weighted by Crippen LogP contribution is -2.14. The summed E-state index contributed by atoms with van der Waals surface area (Å²) in [6.45, 7) is 0. The molecule has 1 aromatic carbocycles. The molecule has 3 aromatic rings. The molecule has 0 aliphatic heterocycles. The predicted molar refractivity (Wildman–Crippen MR) is 84.6 cm³/mol. The van der Waals surface area contributed by atoms with Crippen LogP contribution in [0, 0.1) is 5.82 Å². The van der Waals surface area contributed by atoms with Gasteiger partial charge in [-0.1, -0.05) is 17.7 Å². The van der Waals surface area contributed by atoms with Crippen molar-refractivity contribution >= 4 is 23.3 Å². The van der Waals surface area contributed by atoms with Crippen LogP contribution in [-0.2, 0) is 0 Å². The van der Waals surface area contributed by atoms with E-state index in [1.165, 1.54) is 30.7 Å². The quantitative estimate of drug-likeness (QED) is 0.798. The van der Waals surface area contributed by atoms with Gasteiger partial charge in [0.05, 0.1) is 16.3 Å². The van der Waals surface area contributed by atoms with Crippen molar-refractivity contribution in [2.45, 2.75) is 0 Å². The van der Waals surface area contributed by atoms with Gasteiger partial charge in [0, 0.05) is 18.0 Å². The molecule has 2 heterocycles. The lowest BCUT2D eigenvalue weighted by atomic mass is 10.1. The van der Waals surface area contributed by atoms with Crippen LogP contribution in [0.4, 0.5) is 10.2 Å². The summed E-state index contributed by atoms with van der Waals surface area (Å²) in [6.07, 6.45) is 4.33. The minimum absolute atomic E-state index is 0.0978. The van der Waals surface area contributed by atoms with Crippen molar-refractivity contribution in [3.8, 4) is 11.3 Å². The van der Waals surface area contributed by atoms with Crippen LogP contribution < -0.4 is 5.32 Å². The fourth-order valence-corrected chi connectivity index (χ4v) is 2.22. The molecule has 0 saturated heterocycles. The van der Waals surface area contributed by atoms with Crippen LogP contribution in [0.1, 0.15) is 10.4 Å². The van der Waals surface area contributed by atoms with Gasteiger partial charge in [0.1, 0.15) is 18.0 Å². The van der Waals surface area contributed by atoms with Gasteiger partial charge in [-0.05, 0) is 30.3 Å². The Hall–Kier alpha value is -2.86. The minimum atomic E-state index is -0.671.